The zero-order valence-electron chi connectivity index (χ0n) is 15.9. The van der Waals surface area contributed by atoms with Crippen molar-refractivity contribution in [2.75, 3.05) is 5.32 Å². The second kappa shape index (κ2) is 7.62. The third-order valence-electron chi connectivity index (χ3n) is 4.57. The molecular formula is C22H14FN5O2S. The van der Waals surface area contributed by atoms with Gasteiger partial charge in [-0.25, -0.2) is 4.39 Å². The number of hydrogen-bond donors (Lipinski definition) is 2. The molecule has 1 amide bonds. The number of nitrogens with one attached hydrogen (secondary N) is 2. The topological polar surface area (TPSA) is 85.0 Å². The monoisotopic (exact) mass is 431 g/mol. The zero-order valence-corrected chi connectivity index (χ0v) is 16.7. The number of furan rings is 1. The SMILES string of the molecule is O=C(NC(=S)Nc1ccc2nn(-c3ccc(F)cc3)nc2c1)c1cc2ccccc2o1. The molecule has 3 aromatic carbocycles. The van der Waals surface area contributed by atoms with Gasteiger partial charge in [0, 0.05) is 11.1 Å². The normalized spacial score (nSPS) is 11.0. The van der Waals surface area contributed by atoms with Crippen molar-refractivity contribution >= 4 is 50.9 Å². The van der Waals surface area contributed by atoms with E-state index in [1.54, 1.807) is 42.5 Å². The number of hydrogen-bond acceptors (Lipinski definition) is 5. The van der Waals surface area contributed by atoms with Gasteiger partial charge < -0.3 is 9.73 Å². The summed E-state index contributed by atoms with van der Waals surface area (Å²) in [7, 11) is 0. The first-order valence-corrected chi connectivity index (χ1v) is 9.70. The number of thiocarbonyl (C=S) groups is 1. The molecule has 2 heterocycles. The van der Waals surface area contributed by atoms with Crippen molar-refractivity contribution in [3.8, 4) is 5.69 Å². The van der Waals surface area contributed by atoms with E-state index in [9.17, 15) is 9.18 Å². The molecule has 0 aliphatic carbocycles. The van der Waals surface area contributed by atoms with E-state index in [-0.39, 0.29) is 16.7 Å². The molecule has 0 radical (unpaired) electrons. The Morgan fingerprint density at radius 2 is 1.74 bits per heavy atom. The lowest BCUT2D eigenvalue weighted by molar-refractivity contribution is 0.0953. The van der Waals surface area contributed by atoms with Gasteiger partial charge in [0.15, 0.2) is 10.9 Å². The Morgan fingerprint density at radius 3 is 2.55 bits per heavy atom. The number of nitrogens with zero attached hydrogens (tertiary/aromatic N) is 3. The van der Waals surface area contributed by atoms with Gasteiger partial charge >= 0.3 is 0 Å². The number of fused-ring (bicyclic) bond motifs is 2. The van der Waals surface area contributed by atoms with E-state index in [4.69, 9.17) is 16.6 Å². The summed E-state index contributed by atoms with van der Waals surface area (Å²) in [4.78, 5) is 13.9. The van der Waals surface area contributed by atoms with E-state index in [0.717, 1.165) is 5.39 Å². The quantitative estimate of drug-likeness (QED) is 0.411. The summed E-state index contributed by atoms with van der Waals surface area (Å²) in [5.74, 6) is -0.606. The van der Waals surface area contributed by atoms with E-state index >= 15 is 0 Å². The lowest BCUT2D eigenvalue weighted by Gasteiger charge is -2.08. The van der Waals surface area contributed by atoms with E-state index in [0.29, 0.717) is 28.0 Å². The molecule has 5 aromatic rings. The van der Waals surface area contributed by atoms with Crippen molar-refractivity contribution in [2.45, 2.75) is 0 Å². The average molecular weight is 431 g/mol. The minimum atomic E-state index is -0.447. The Morgan fingerprint density at radius 1 is 0.968 bits per heavy atom. The van der Waals surface area contributed by atoms with E-state index in [2.05, 4.69) is 20.8 Å². The number of amides is 1. The van der Waals surface area contributed by atoms with Crippen LogP contribution in [0.25, 0.3) is 27.7 Å². The van der Waals surface area contributed by atoms with Crippen LogP contribution in [-0.2, 0) is 0 Å². The van der Waals surface area contributed by atoms with Gasteiger partial charge in [-0.15, -0.1) is 10.2 Å². The molecule has 0 aliphatic heterocycles. The Balaban J connectivity index is 1.30. The van der Waals surface area contributed by atoms with Crippen molar-refractivity contribution in [1.82, 2.24) is 20.3 Å². The third kappa shape index (κ3) is 3.86. The van der Waals surface area contributed by atoms with Gasteiger partial charge in [0.2, 0.25) is 0 Å². The molecule has 152 valence electrons. The fourth-order valence-electron chi connectivity index (χ4n) is 3.10. The molecule has 2 N–H and O–H groups in total. The highest BCUT2D eigenvalue weighted by atomic mass is 32.1. The van der Waals surface area contributed by atoms with Gasteiger partial charge in [-0.3, -0.25) is 10.1 Å². The third-order valence-corrected chi connectivity index (χ3v) is 4.78. The second-order valence-corrected chi connectivity index (χ2v) is 7.13. The summed E-state index contributed by atoms with van der Waals surface area (Å²) in [6, 6.07) is 20.2. The van der Waals surface area contributed by atoms with Gasteiger partial charge in [0.05, 0.1) is 5.69 Å². The van der Waals surface area contributed by atoms with Crippen LogP contribution in [0.2, 0.25) is 0 Å². The Kier molecular flexibility index (Phi) is 4.64. The fraction of sp³-hybridized carbons (Fsp3) is 0. The number of aromatic nitrogens is 3. The Labute approximate surface area is 180 Å². The number of carbonyl (C=O) groups excluding carboxylic acids is 1. The molecule has 0 saturated carbocycles. The predicted octanol–water partition coefficient (Wildman–Crippen LogP) is 4.43. The standard InChI is InChI=1S/C22H14FN5O2S/c23-14-5-8-16(9-6-14)28-26-17-10-7-15(12-18(17)27-28)24-22(31)25-21(29)20-11-13-3-1-2-4-19(13)30-20/h1-12H,(H2,24,25,29,31). The van der Waals surface area contributed by atoms with Gasteiger partial charge in [-0.1, -0.05) is 18.2 Å². The van der Waals surface area contributed by atoms with E-state index in [1.807, 2.05) is 18.2 Å². The summed E-state index contributed by atoms with van der Waals surface area (Å²) in [5, 5.41) is 15.3. The Bertz CT molecular complexity index is 1410. The zero-order chi connectivity index (χ0) is 21.4. The summed E-state index contributed by atoms with van der Waals surface area (Å²) >= 11 is 5.25. The summed E-state index contributed by atoms with van der Waals surface area (Å²) in [5.41, 5.74) is 3.17. The molecule has 0 aliphatic rings. The largest absolute Gasteiger partial charge is 0.451 e. The predicted molar refractivity (Wildman–Crippen MR) is 119 cm³/mol. The maximum Gasteiger partial charge on any atom is 0.293 e. The minimum Gasteiger partial charge on any atom is -0.451 e. The van der Waals surface area contributed by atoms with Gasteiger partial charge in [0.1, 0.15) is 22.4 Å². The van der Waals surface area contributed by atoms with Crippen LogP contribution in [0.1, 0.15) is 10.6 Å². The maximum atomic E-state index is 13.1. The molecule has 7 nitrogen and oxygen atoms in total. The highest BCUT2D eigenvalue weighted by Gasteiger charge is 2.14. The summed E-state index contributed by atoms with van der Waals surface area (Å²) < 4.78 is 18.7. The molecule has 0 fully saturated rings. The first-order chi connectivity index (χ1) is 15.0. The van der Waals surface area contributed by atoms with Crippen LogP contribution >= 0.6 is 12.2 Å². The molecule has 0 atom stereocenters. The van der Waals surface area contributed by atoms with Gasteiger partial charge in [-0.2, -0.15) is 4.80 Å². The molecular weight excluding hydrogens is 417 g/mol. The highest BCUT2D eigenvalue weighted by molar-refractivity contribution is 7.80. The van der Waals surface area contributed by atoms with Crippen molar-refractivity contribution in [3.63, 3.8) is 0 Å². The number of benzene rings is 3. The molecule has 0 bridgehead atoms. The number of carbonyl (C=O) groups is 1. The first-order valence-electron chi connectivity index (χ1n) is 9.29. The second-order valence-electron chi connectivity index (χ2n) is 6.73. The highest BCUT2D eigenvalue weighted by Crippen LogP contribution is 2.20. The lowest BCUT2D eigenvalue weighted by Crippen LogP contribution is -2.33. The summed E-state index contributed by atoms with van der Waals surface area (Å²) in [6.07, 6.45) is 0. The van der Waals surface area contributed by atoms with E-state index in [1.165, 1.54) is 16.9 Å². The van der Waals surface area contributed by atoms with Crippen molar-refractivity contribution in [3.05, 3.63) is 84.4 Å². The molecule has 31 heavy (non-hydrogen) atoms. The summed E-state index contributed by atoms with van der Waals surface area (Å²) in [6.45, 7) is 0. The van der Waals surface area contributed by atoms with E-state index < -0.39 is 5.91 Å². The fourth-order valence-corrected chi connectivity index (χ4v) is 3.31. The minimum absolute atomic E-state index is 0.121. The lowest BCUT2D eigenvalue weighted by atomic mass is 10.2. The van der Waals surface area contributed by atoms with Crippen molar-refractivity contribution < 1.29 is 13.6 Å². The van der Waals surface area contributed by atoms with Crippen LogP contribution in [0, 0.1) is 5.82 Å². The number of para-hydroxylation sites is 1. The number of rotatable bonds is 3. The van der Waals surface area contributed by atoms with Crippen LogP contribution in [0.4, 0.5) is 10.1 Å². The maximum absolute atomic E-state index is 13.1. The molecule has 0 saturated heterocycles. The van der Waals surface area contributed by atoms with Crippen LogP contribution < -0.4 is 10.6 Å². The van der Waals surface area contributed by atoms with Crippen molar-refractivity contribution in [1.29, 1.82) is 0 Å². The molecule has 5 rings (SSSR count). The number of halogens is 1. The first kappa shape index (κ1) is 18.9. The number of anilines is 1. The van der Waals surface area contributed by atoms with Crippen molar-refractivity contribution in [2.24, 2.45) is 0 Å². The Hall–Kier alpha value is -4.11. The molecule has 9 heteroatoms. The van der Waals surface area contributed by atoms with Gasteiger partial charge in [0.25, 0.3) is 5.91 Å². The van der Waals surface area contributed by atoms with Crippen LogP contribution in [-0.4, -0.2) is 26.0 Å². The van der Waals surface area contributed by atoms with Crippen LogP contribution in [0.5, 0.6) is 0 Å². The smallest absolute Gasteiger partial charge is 0.293 e. The van der Waals surface area contributed by atoms with Gasteiger partial charge in [-0.05, 0) is 66.8 Å². The molecule has 2 aromatic heterocycles. The van der Waals surface area contributed by atoms with Crippen LogP contribution in [0.3, 0.4) is 0 Å². The van der Waals surface area contributed by atoms with Crippen LogP contribution in [0.15, 0.2) is 77.2 Å². The molecule has 0 spiro atoms. The molecule has 0 unspecified atom stereocenters. The average Bonchev–Trinajstić information content (AvgIpc) is 3.38.